The summed E-state index contributed by atoms with van der Waals surface area (Å²) in [6, 6.07) is 7.35. The van der Waals surface area contributed by atoms with Gasteiger partial charge in [-0.05, 0) is 32.1 Å². The lowest BCUT2D eigenvalue weighted by Gasteiger charge is -2.22. The zero-order chi connectivity index (χ0) is 15.8. The molecular formula is C15H21ClN2O3. The maximum absolute atomic E-state index is 12.2. The number of benzene rings is 1. The van der Waals surface area contributed by atoms with Crippen LogP contribution in [0.3, 0.4) is 0 Å². The van der Waals surface area contributed by atoms with Crippen molar-refractivity contribution < 1.29 is 14.7 Å². The molecule has 1 aromatic carbocycles. The summed E-state index contributed by atoms with van der Waals surface area (Å²) in [5.41, 5.74) is 0.899. The number of hydrogen-bond acceptors (Lipinski definition) is 3. The van der Waals surface area contributed by atoms with Crippen LogP contribution in [0.1, 0.15) is 12.0 Å². The molecule has 0 saturated heterocycles. The largest absolute Gasteiger partial charge is 0.480 e. The summed E-state index contributed by atoms with van der Waals surface area (Å²) in [6.07, 6.45) is 0.765. The van der Waals surface area contributed by atoms with E-state index in [2.05, 4.69) is 0 Å². The molecule has 0 spiro atoms. The number of likely N-dealkylation sites (N-methyl/N-ethyl adjacent to an activating group) is 1. The Balaban J connectivity index is 2.59. The van der Waals surface area contributed by atoms with E-state index in [-0.39, 0.29) is 18.9 Å². The number of carboxylic acids is 1. The van der Waals surface area contributed by atoms with Crippen molar-refractivity contribution in [3.05, 3.63) is 34.9 Å². The number of rotatable bonds is 8. The summed E-state index contributed by atoms with van der Waals surface area (Å²) in [5.74, 6) is -1.17. The first-order valence-electron chi connectivity index (χ1n) is 6.78. The van der Waals surface area contributed by atoms with Gasteiger partial charge < -0.3 is 14.9 Å². The highest BCUT2D eigenvalue weighted by atomic mass is 35.5. The second kappa shape index (κ2) is 8.64. The Bertz CT molecular complexity index is 492. The van der Waals surface area contributed by atoms with Gasteiger partial charge in [-0.25, -0.2) is 0 Å². The Morgan fingerprint density at radius 1 is 1.19 bits per heavy atom. The minimum atomic E-state index is -1.00. The van der Waals surface area contributed by atoms with E-state index in [9.17, 15) is 9.59 Å². The van der Waals surface area contributed by atoms with Crippen LogP contribution in [0.5, 0.6) is 0 Å². The summed E-state index contributed by atoms with van der Waals surface area (Å²) < 4.78 is 0. The molecule has 0 fully saturated rings. The molecule has 0 heterocycles. The number of nitrogens with zero attached hydrogens (tertiary/aromatic N) is 2. The van der Waals surface area contributed by atoms with Gasteiger partial charge in [0.05, 0.1) is 0 Å². The van der Waals surface area contributed by atoms with Gasteiger partial charge in [0.25, 0.3) is 0 Å². The van der Waals surface area contributed by atoms with E-state index in [1.807, 2.05) is 37.2 Å². The highest BCUT2D eigenvalue weighted by molar-refractivity contribution is 6.31. The third kappa shape index (κ3) is 6.60. The Labute approximate surface area is 130 Å². The van der Waals surface area contributed by atoms with E-state index in [1.165, 1.54) is 4.90 Å². The van der Waals surface area contributed by atoms with Crippen molar-refractivity contribution in [3.8, 4) is 0 Å². The quantitative estimate of drug-likeness (QED) is 0.794. The first kappa shape index (κ1) is 17.5. The minimum absolute atomic E-state index is 0.167. The number of carbonyl (C=O) groups excluding carboxylic acids is 1. The lowest BCUT2D eigenvalue weighted by Crippen LogP contribution is -2.40. The van der Waals surface area contributed by atoms with Crippen molar-refractivity contribution in [2.24, 2.45) is 0 Å². The van der Waals surface area contributed by atoms with Crippen molar-refractivity contribution >= 4 is 23.5 Å². The molecule has 0 saturated carbocycles. The molecule has 1 amide bonds. The van der Waals surface area contributed by atoms with Gasteiger partial charge in [0.2, 0.25) is 5.91 Å². The summed E-state index contributed by atoms with van der Waals surface area (Å²) >= 11 is 6.05. The van der Waals surface area contributed by atoms with Crippen molar-refractivity contribution in [1.82, 2.24) is 9.80 Å². The molecule has 1 rings (SSSR count). The second-order valence-electron chi connectivity index (χ2n) is 5.10. The fourth-order valence-corrected chi connectivity index (χ4v) is 2.11. The summed E-state index contributed by atoms with van der Waals surface area (Å²) in [5, 5.41) is 9.53. The molecule has 0 unspecified atom stereocenters. The maximum atomic E-state index is 12.2. The van der Waals surface area contributed by atoms with E-state index in [4.69, 9.17) is 16.7 Å². The smallest absolute Gasteiger partial charge is 0.323 e. The number of aliphatic carboxylic acids is 1. The average molecular weight is 313 g/mol. The lowest BCUT2D eigenvalue weighted by molar-refractivity contribution is -0.144. The lowest BCUT2D eigenvalue weighted by atomic mass is 10.1. The van der Waals surface area contributed by atoms with Gasteiger partial charge in [0, 0.05) is 24.5 Å². The van der Waals surface area contributed by atoms with Crippen molar-refractivity contribution in [2.75, 3.05) is 33.7 Å². The standard InChI is InChI=1S/C15H21ClN2O3/c1-17(2)9-10-18(11-15(20)21)14(19)8-7-12-5-3-4-6-13(12)16/h3-6H,7-11H2,1-2H3,(H,20,21). The van der Waals surface area contributed by atoms with Crippen LogP contribution in [0.15, 0.2) is 24.3 Å². The number of carboxylic acid groups (broad SMARTS) is 1. The molecule has 1 aromatic rings. The monoisotopic (exact) mass is 312 g/mol. The Hall–Kier alpha value is -1.59. The van der Waals surface area contributed by atoms with Gasteiger partial charge >= 0.3 is 5.97 Å². The molecule has 5 nitrogen and oxygen atoms in total. The molecule has 1 N–H and O–H groups in total. The first-order valence-corrected chi connectivity index (χ1v) is 7.15. The maximum Gasteiger partial charge on any atom is 0.323 e. The van der Waals surface area contributed by atoms with Gasteiger partial charge in [0.1, 0.15) is 6.54 Å². The van der Waals surface area contributed by atoms with E-state index < -0.39 is 5.97 Å². The van der Waals surface area contributed by atoms with E-state index in [0.29, 0.717) is 24.5 Å². The third-order valence-corrected chi connectivity index (χ3v) is 3.43. The molecule has 0 aliphatic rings. The Morgan fingerprint density at radius 2 is 1.86 bits per heavy atom. The van der Waals surface area contributed by atoms with Crippen LogP contribution in [0.2, 0.25) is 5.02 Å². The fourth-order valence-electron chi connectivity index (χ4n) is 1.88. The topological polar surface area (TPSA) is 60.9 Å². The SMILES string of the molecule is CN(C)CCN(CC(=O)O)C(=O)CCc1ccccc1Cl. The second-order valence-corrected chi connectivity index (χ2v) is 5.51. The molecule has 0 aromatic heterocycles. The van der Waals surface area contributed by atoms with Crippen LogP contribution in [0, 0.1) is 0 Å². The number of aryl methyl sites for hydroxylation is 1. The average Bonchev–Trinajstić information content (AvgIpc) is 2.41. The van der Waals surface area contributed by atoms with Crippen LogP contribution in [-0.2, 0) is 16.0 Å². The molecule has 6 heteroatoms. The Kier molecular flexibility index (Phi) is 7.19. The number of amides is 1. The van der Waals surface area contributed by atoms with Crippen molar-refractivity contribution in [2.45, 2.75) is 12.8 Å². The minimum Gasteiger partial charge on any atom is -0.480 e. The third-order valence-electron chi connectivity index (χ3n) is 3.06. The molecular weight excluding hydrogens is 292 g/mol. The zero-order valence-corrected chi connectivity index (χ0v) is 13.1. The van der Waals surface area contributed by atoms with Gasteiger partial charge in [-0.15, -0.1) is 0 Å². The molecule has 0 radical (unpaired) electrons. The van der Waals surface area contributed by atoms with Crippen LogP contribution < -0.4 is 0 Å². The zero-order valence-electron chi connectivity index (χ0n) is 12.4. The van der Waals surface area contributed by atoms with Gasteiger partial charge in [-0.1, -0.05) is 29.8 Å². The Morgan fingerprint density at radius 3 is 2.43 bits per heavy atom. The summed E-state index contributed by atoms with van der Waals surface area (Å²) in [4.78, 5) is 26.3. The van der Waals surface area contributed by atoms with Crippen LogP contribution in [0.4, 0.5) is 0 Å². The molecule has 0 atom stereocenters. The van der Waals surface area contributed by atoms with Gasteiger partial charge in [-0.2, -0.15) is 0 Å². The predicted molar refractivity (Wildman–Crippen MR) is 82.5 cm³/mol. The molecule has 0 bridgehead atoms. The fraction of sp³-hybridized carbons (Fsp3) is 0.467. The normalized spacial score (nSPS) is 10.7. The van der Waals surface area contributed by atoms with Crippen LogP contribution in [-0.4, -0.2) is 60.5 Å². The first-order chi connectivity index (χ1) is 9.90. The van der Waals surface area contributed by atoms with Crippen molar-refractivity contribution in [3.63, 3.8) is 0 Å². The molecule has 0 aliphatic carbocycles. The summed E-state index contributed by atoms with van der Waals surface area (Å²) in [7, 11) is 3.76. The molecule has 0 aliphatic heterocycles. The van der Waals surface area contributed by atoms with Crippen LogP contribution in [0.25, 0.3) is 0 Å². The highest BCUT2D eigenvalue weighted by Gasteiger charge is 2.17. The van der Waals surface area contributed by atoms with Gasteiger partial charge in [0.15, 0.2) is 0 Å². The van der Waals surface area contributed by atoms with Gasteiger partial charge in [-0.3, -0.25) is 9.59 Å². The number of hydrogen-bond donors (Lipinski definition) is 1. The highest BCUT2D eigenvalue weighted by Crippen LogP contribution is 2.16. The number of carbonyl (C=O) groups is 2. The van der Waals surface area contributed by atoms with E-state index in [0.717, 1.165) is 5.56 Å². The van der Waals surface area contributed by atoms with E-state index in [1.54, 1.807) is 6.07 Å². The summed E-state index contributed by atoms with van der Waals surface area (Å²) in [6.45, 7) is 0.765. The number of halogens is 1. The molecule has 21 heavy (non-hydrogen) atoms. The van der Waals surface area contributed by atoms with E-state index >= 15 is 0 Å². The van der Waals surface area contributed by atoms with Crippen LogP contribution >= 0.6 is 11.6 Å². The van der Waals surface area contributed by atoms with Crippen molar-refractivity contribution in [1.29, 1.82) is 0 Å². The predicted octanol–water partition coefficient (Wildman–Crippen LogP) is 1.75. The molecule has 116 valence electrons.